The average molecular weight is 337 g/mol. The highest BCUT2D eigenvalue weighted by molar-refractivity contribution is 6.31. The summed E-state index contributed by atoms with van der Waals surface area (Å²) in [4.78, 5) is 24.8. The number of aromatic nitrogens is 1. The van der Waals surface area contributed by atoms with E-state index >= 15 is 0 Å². The monoisotopic (exact) mass is 336 g/mol. The lowest BCUT2D eigenvalue weighted by Crippen LogP contribution is -2.31. The third-order valence-corrected chi connectivity index (χ3v) is 4.45. The van der Waals surface area contributed by atoms with Gasteiger partial charge in [-0.05, 0) is 38.1 Å². The number of nitrogens with zero attached hydrogens (tertiary/aromatic N) is 2. The fourth-order valence-corrected chi connectivity index (χ4v) is 3.44. The standard InChI is InChI=1S/C16H17ClN2O4/c17-10-3-4-11-12(8-19(9-14(20)21)13(11)7-10)15(16(22)23)18-5-1-2-6-18/h3-4,7-8,15H,1-2,5-6,9H2,(H,20,21)(H,22,23)/t15-/m1/s1. The van der Waals surface area contributed by atoms with Crippen molar-refractivity contribution in [2.24, 2.45) is 0 Å². The van der Waals surface area contributed by atoms with Gasteiger partial charge in [-0.1, -0.05) is 17.7 Å². The Morgan fingerprint density at radius 1 is 1.22 bits per heavy atom. The van der Waals surface area contributed by atoms with E-state index < -0.39 is 18.0 Å². The van der Waals surface area contributed by atoms with Gasteiger partial charge in [0.15, 0.2) is 0 Å². The van der Waals surface area contributed by atoms with E-state index in [1.165, 1.54) is 0 Å². The predicted molar refractivity (Wildman–Crippen MR) is 85.8 cm³/mol. The van der Waals surface area contributed by atoms with Crippen molar-refractivity contribution in [2.75, 3.05) is 13.1 Å². The molecule has 1 aromatic carbocycles. The summed E-state index contributed by atoms with van der Waals surface area (Å²) in [5.41, 5.74) is 1.26. The van der Waals surface area contributed by atoms with Gasteiger partial charge in [-0.25, -0.2) is 0 Å². The number of carboxylic acid groups (broad SMARTS) is 2. The van der Waals surface area contributed by atoms with Crippen LogP contribution in [-0.4, -0.2) is 44.7 Å². The molecule has 0 saturated carbocycles. The maximum atomic E-state index is 11.8. The molecule has 0 radical (unpaired) electrons. The normalized spacial score (nSPS) is 16.7. The molecule has 6 nitrogen and oxygen atoms in total. The average Bonchev–Trinajstić information content (AvgIpc) is 3.08. The number of benzene rings is 1. The largest absolute Gasteiger partial charge is 0.480 e. The van der Waals surface area contributed by atoms with Crippen LogP contribution in [-0.2, 0) is 16.1 Å². The Labute approximate surface area is 137 Å². The zero-order valence-corrected chi connectivity index (χ0v) is 13.2. The molecule has 2 aromatic rings. The molecule has 2 N–H and O–H groups in total. The van der Waals surface area contributed by atoms with Crippen LogP contribution in [0.5, 0.6) is 0 Å². The van der Waals surface area contributed by atoms with Crippen LogP contribution in [0.15, 0.2) is 24.4 Å². The second kappa shape index (κ2) is 6.22. The fraction of sp³-hybridized carbons (Fsp3) is 0.375. The lowest BCUT2D eigenvalue weighted by molar-refractivity contribution is -0.143. The van der Waals surface area contributed by atoms with E-state index in [9.17, 15) is 14.7 Å². The quantitative estimate of drug-likeness (QED) is 0.877. The Balaban J connectivity index is 2.15. The molecule has 1 aromatic heterocycles. The first-order valence-electron chi connectivity index (χ1n) is 7.44. The molecule has 0 amide bonds. The second-order valence-electron chi connectivity index (χ2n) is 5.75. The van der Waals surface area contributed by atoms with Crippen molar-refractivity contribution < 1.29 is 19.8 Å². The molecule has 0 aliphatic carbocycles. The number of aliphatic carboxylic acids is 2. The summed E-state index contributed by atoms with van der Waals surface area (Å²) in [7, 11) is 0. The summed E-state index contributed by atoms with van der Waals surface area (Å²) >= 11 is 6.02. The lowest BCUT2D eigenvalue weighted by atomic mass is 10.0. The van der Waals surface area contributed by atoms with Crippen LogP contribution in [0.4, 0.5) is 0 Å². The molecule has 1 aliphatic rings. The van der Waals surface area contributed by atoms with Crippen molar-refractivity contribution >= 4 is 34.4 Å². The Kier molecular flexibility index (Phi) is 4.28. The van der Waals surface area contributed by atoms with E-state index in [0.717, 1.165) is 31.3 Å². The summed E-state index contributed by atoms with van der Waals surface area (Å²) in [6.45, 7) is 1.23. The number of likely N-dealkylation sites (tertiary alicyclic amines) is 1. The van der Waals surface area contributed by atoms with E-state index in [0.29, 0.717) is 16.1 Å². The first kappa shape index (κ1) is 15.8. The zero-order chi connectivity index (χ0) is 16.6. The van der Waals surface area contributed by atoms with Crippen LogP contribution in [0, 0.1) is 0 Å². The second-order valence-corrected chi connectivity index (χ2v) is 6.19. The van der Waals surface area contributed by atoms with Crippen LogP contribution >= 0.6 is 11.6 Å². The first-order chi connectivity index (χ1) is 11.0. The van der Waals surface area contributed by atoms with Gasteiger partial charge in [0.2, 0.25) is 0 Å². The highest BCUT2D eigenvalue weighted by atomic mass is 35.5. The van der Waals surface area contributed by atoms with Gasteiger partial charge in [0, 0.05) is 22.2 Å². The Bertz CT molecular complexity index is 765. The van der Waals surface area contributed by atoms with Crippen molar-refractivity contribution in [1.29, 1.82) is 0 Å². The van der Waals surface area contributed by atoms with Crippen molar-refractivity contribution in [1.82, 2.24) is 9.47 Å². The zero-order valence-electron chi connectivity index (χ0n) is 12.4. The molecule has 122 valence electrons. The molecule has 1 fully saturated rings. The number of rotatable bonds is 5. The molecule has 2 heterocycles. The van der Waals surface area contributed by atoms with Crippen LogP contribution in [0.2, 0.25) is 5.02 Å². The van der Waals surface area contributed by atoms with Crippen molar-refractivity contribution in [3.63, 3.8) is 0 Å². The van der Waals surface area contributed by atoms with E-state index in [1.807, 2.05) is 4.90 Å². The van der Waals surface area contributed by atoms with Gasteiger partial charge in [0.05, 0.1) is 5.52 Å². The van der Waals surface area contributed by atoms with Gasteiger partial charge in [-0.15, -0.1) is 0 Å². The molecule has 1 aliphatic heterocycles. The third-order valence-electron chi connectivity index (χ3n) is 4.22. The molecular weight excluding hydrogens is 320 g/mol. The minimum Gasteiger partial charge on any atom is -0.480 e. The smallest absolute Gasteiger partial charge is 0.325 e. The summed E-state index contributed by atoms with van der Waals surface area (Å²) in [5, 5.41) is 20.0. The molecule has 3 rings (SSSR count). The van der Waals surface area contributed by atoms with E-state index in [2.05, 4.69) is 0 Å². The molecule has 0 bridgehead atoms. The number of halogens is 1. The topological polar surface area (TPSA) is 82.8 Å². The van der Waals surface area contributed by atoms with Crippen molar-refractivity contribution in [3.05, 3.63) is 35.0 Å². The van der Waals surface area contributed by atoms with Crippen molar-refractivity contribution in [2.45, 2.75) is 25.4 Å². The molecule has 7 heteroatoms. The van der Waals surface area contributed by atoms with Crippen LogP contribution in [0.1, 0.15) is 24.4 Å². The minimum absolute atomic E-state index is 0.233. The predicted octanol–water partition coefficient (Wildman–Crippen LogP) is 2.60. The fourth-order valence-electron chi connectivity index (χ4n) is 3.27. The lowest BCUT2D eigenvalue weighted by Gasteiger charge is -2.23. The molecule has 23 heavy (non-hydrogen) atoms. The molecular formula is C16H17ClN2O4. The Hall–Kier alpha value is -2.05. The molecule has 1 atom stereocenters. The third kappa shape index (κ3) is 3.04. The first-order valence-corrected chi connectivity index (χ1v) is 7.82. The number of hydrogen-bond donors (Lipinski definition) is 2. The van der Waals surface area contributed by atoms with E-state index in [4.69, 9.17) is 16.7 Å². The van der Waals surface area contributed by atoms with E-state index in [1.54, 1.807) is 29.0 Å². The van der Waals surface area contributed by atoms with Crippen molar-refractivity contribution in [3.8, 4) is 0 Å². The Morgan fingerprint density at radius 3 is 2.52 bits per heavy atom. The number of carboxylic acids is 2. The van der Waals surface area contributed by atoms with Crippen LogP contribution in [0.25, 0.3) is 10.9 Å². The molecule has 1 saturated heterocycles. The maximum Gasteiger partial charge on any atom is 0.325 e. The summed E-state index contributed by atoms with van der Waals surface area (Å²) in [6, 6.07) is 4.36. The number of carbonyl (C=O) groups is 2. The SMILES string of the molecule is O=C(O)Cn1cc([C@H](C(=O)O)N2CCCC2)c2ccc(Cl)cc21. The van der Waals surface area contributed by atoms with Gasteiger partial charge in [-0.3, -0.25) is 14.5 Å². The van der Waals surface area contributed by atoms with Gasteiger partial charge in [-0.2, -0.15) is 0 Å². The van der Waals surface area contributed by atoms with Gasteiger partial charge in [0.1, 0.15) is 12.6 Å². The van der Waals surface area contributed by atoms with Crippen LogP contribution in [0.3, 0.4) is 0 Å². The highest BCUT2D eigenvalue weighted by Gasteiger charge is 2.32. The number of fused-ring (bicyclic) bond motifs is 1. The summed E-state index contributed by atoms with van der Waals surface area (Å²) in [5.74, 6) is -1.90. The summed E-state index contributed by atoms with van der Waals surface area (Å²) < 4.78 is 1.55. The molecule has 0 unspecified atom stereocenters. The highest BCUT2D eigenvalue weighted by Crippen LogP contribution is 2.33. The summed E-state index contributed by atoms with van der Waals surface area (Å²) in [6.07, 6.45) is 3.58. The van der Waals surface area contributed by atoms with Gasteiger partial charge < -0.3 is 14.8 Å². The molecule has 0 spiro atoms. The maximum absolute atomic E-state index is 11.8. The van der Waals surface area contributed by atoms with Crippen LogP contribution < -0.4 is 0 Å². The number of hydrogen-bond acceptors (Lipinski definition) is 3. The minimum atomic E-state index is -0.985. The van der Waals surface area contributed by atoms with E-state index in [-0.39, 0.29) is 6.54 Å². The Morgan fingerprint density at radius 2 is 1.91 bits per heavy atom. The van der Waals surface area contributed by atoms with Gasteiger partial charge in [0.25, 0.3) is 0 Å². The van der Waals surface area contributed by atoms with Gasteiger partial charge >= 0.3 is 11.9 Å².